The lowest BCUT2D eigenvalue weighted by atomic mass is 10.0. The number of methoxy groups -OCH3 is 2. The zero-order chi connectivity index (χ0) is 17.3. The highest BCUT2D eigenvalue weighted by atomic mass is 35.5. The summed E-state index contributed by atoms with van der Waals surface area (Å²) in [7, 11) is 5.10. The van der Waals surface area contributed by atoms with E-state index in [9.17, 15) is 4.79 Å². The summed E-state index contributed by atoms with van der Waals surface area (Å²) in [5, 5.41) is 0.577. The number of fused-ring (bicyclic) bond motifs is 1. The first-order valence-electron chi connectivity index (χ1n) is 7.88. The molecule has 3 rings (SSSR count). The molecule has 2 aromatic rings. The molecule has 24 heavy (non-hydrogen) atoms. The molecular formula is C18H21ClN2O3. The van der Waals surface area contributed by atoms with Gasteiger partial charge in [0.15, 0.2) is 11.5 Å². The topological polar surface area (TPSA) is 43.7 Å². The molecule has 1 aromatic heterocycles. The average molecular weight is 349 g/mol. The highest BCUT2D eigenvalue weighted by Gasteiger charge is 2.23. The molecule has 5 nitrogen and oxygen atoms in total. The number of halogens is 1. The predicted octanol–water partition coefficient (Wildman–Crippen LogP) is 2.94. The van der Waals surface area contributed by atoms with Crippen LogP contribution in [0.25, 0.3) is 0 Å². The van der Waals surface area contributed by atoms with Crippen LogP contribution in [0.1, 0.15) is 21.6 Å². The van der Waals surface area contributed by atoms with Crippen molar-refractivity contribution < 1.29 is 14.3 Å². The van der Waals surface area contributed by atoms with Gasteiger partial charge in [0.2, 0.25) is 0 Å². The van der Waals surface area contributed by atoms with Crippen LogP contribution in [0.3, 0.4) is 0 Å². The van der Waals surface area contributed by atoms with Crippen LogP contribution in [0.5, 0.6) is 11.5 Å². The second kappa shape index (κ2) is 6.77. The van der Waals surface area contributed by atoms with Gasteiger partial charge in [-0.05, 0) is 42.2 Å². The first-order valence-corrected chi connectivity index (χ1v) is 8.26. The lowest BCUT2D eigenvalue weighted by Gasteiger charge is -2.20. The van der Waals surface area contributed by atoms with Gasteiger partial charge in [-0.3, -0.25) is 4.79 Å². The largest absolute Gasteiger partial charge is 0.493 e. The number of hydrogen-bond donors (Lipinski definition) is 0. The molecule has 0 fully saturated rings. The van der Waals surface area contributed by atoms with Crippen molar-refractivity contribution in [3.8, 4) is 11.5 Å². The number of aromatic nitrogens is 1. The SMILES string of the molecule is COc1cc2c(cc1OC)CCN(C(=O)c1cc(Cl)cn1C)CC2. The number of amides is 1. The lowest BCUT2D eigenvalue weighted by molar-refractivity contribution is 0.0753. The number of hydrogen-bond acceptors (Lipinski definition) is 3. The summed E-state index contributed by atoms with van der Waals surface area (Å²) in [5.41, 5.74) is 3.02. The third-order valence-corrected chi connectivity index (χ3v) is 4.69. The number of nitrogens with zero attached hydrogens (tertiary/aromatic N) is 2. The smallest absolute Gasteiger partial charge is 0.270 e. The molecule has 1 amide bonds. The number of aryl methyl sites for hydroxylation is 1. The molecule has 1 aromatic carbocycles. The van der Waals surface area contributed by atoms with Gasteiger partial charge in [-0.2, -0.15) is 0 Å². The van der Waals surface area contributed by atoms with E-state index in [4.69, 9.17) is 21.1 Å². The summed E-state index contributed by atoms with van der Waals surface area (Å²) in [6.07, 6.45) is 3.33. The van der Waals surface area contributed by atoms with Crippen molar-refractivity contribution in [1.29, 1.82) is 0 Å². The van der Waals surface area contributed by atoms with Gasteiger partial charge in [0.1, 0.15) is 5.69 Å². The molecule has 2 heterocycles. The van der Waals surface area contributed by atoms with E-state index in [1.807, 2.05) is 24.1 Å². The van der Waals surface area contributed by atoms with Gasteiger partial charge < -0.3 is 18.9 Å². The van der Waals surface area contributed by atoms with Gasteiger partial charge in [-0.1, -0.05) is 11.6 Å². The first kappa shape index (κ1) is 16.7. The summed E-state index contributed by atoms with van der Waals surface area (Å²) >= 11 is 6.00. The minimum Gasteiger partial charge on any atom is -0.493 e. The molecule has 0 saturated heterocycles. The molecule has 0 atom stereocenters. The Morgan fingerprint density at radius 2 is 1.58 bits per heavy atom. The van der Waals surface area contributed by atoms with Crippen molar-refractivity contribution >= 4 is 17.5 Å². The standard InChI is InChI=1S/C18H21ClN2O3/c1-20-11-14(19)10-15(20)18(22)21-6-4-12-8-16(23-2)17(24-3)9-13(12)5-7-21/h8-11H,4-7H2,1-3H3. The number of benzene rings is 1. The zero-order valence-corrected chi connectivity index (χ0v) is 14.9. The quantitative estimate of drug-likeness (QED) is 0.856. The Morgan fingerprint density at radius 1 is 1.04 bits per heavy atom. The van der Waals surface area contributed by atoms with Crippen molar-refractivity contribution in [3.63, 3.8) is 0 Å². The van der Waals surface area contributed by atoms with Crippen molar-refractivity contribution in [2.45, 2.75) is 12.8 Å². The fraction of sp³-hybridized carbons (Fsp3) is 0.389. The number of carbonyl (C=O) groups excluding carboxylic acids is 1. The third kappa shape index (κ3) is 3.08. The number of carbonyl (C=O) groups is 1. The van der Waals surface area contributed by atoms with E-state index in [1.54, 1.807) is 31.0 Å². The maximum absolute atomic E-state index is 12.8. The third-order valence-electron chi connectivity index (χ3n) is 4.49. The molecule has 0 saturated carbocycles. The summed E-state index contributed by atoms with van der Waals surface area (Å²) in [4.78, 5) is 14.7. The molecule has 0 aliphatic carbocycles. The maximum atomic E-state index is 12.8. The van der Waals surface area contributed by atoms with E-state index in [2.05, 4.69) is 0 Å². The summed E-state index contributed by atoms with van der Waals surface area (Å²) < 4.78 is 12.5. The van der Waals surface area contributed by atoms with E-state index in [0.717, 1.165) is 24.3 Å². The van der Waals surface area contributed by atoms with Gasteiger partial charge in [0.05, 0.1) is 19.2 Å². The monoisotopic (exact) mass is 348 g/mol. The minimum atomic E-state index is 0.0103. The van der Waals surface area contributed by atoms with Gasteiger partial charge >= 0.3 is 0 Å². The Bertz CT molecular complexity index is 735. The van der Waals surface area contributed by atoms with Crippen LogP contribution in [0, 0.1) is 0 Å². The van der Waals surface area contributed by atoms with Gasteiger partial charge in [-0.25, -0.2) is 0 Å². The average Bonchev–Trinajstić information content (AvgIpc) is 2.80. The van der Waals surface area contributed by atoms with Crippen LogP contribution in [0.2, 0.25) is 5.02 Å². The maximum Gasteiger partial charge on any atom is 0.270 e. The summed E-state index contributed by atoms with van der Waals surface area (Å²) in [5.74, 6) is 1.46. The second-order valence-electron chi connectivity index (χ2n) is 5.92. The molecule has 6 heteroatoms. The molecule has 0 radical (unpaired) electrons. The van der Waals surface area contributed by atoms with Crippen molar-refractivity contribution in [1.82, 2.24) is 9.47 Å². The van der Waals surface area contributed by atoms with Crippen LogP contribution >= 0.6 is 11.6 Å². The number of rotatable bonds is 3. The van der Waals surface area contributed by atoms with Crippen LogP contribution < -0.4 is 9.47 Å². The first-order chi connectivity index (χ1) is 11.5. The summed E-state index contributed by atoms with van der Waals surface area (Å²) in [6, 6.07) is 5.75. The van der Waals surface area contributed by atoms with Gasteiger partial charge in [0.25, 0.3) is 5.91 Å². The zero-order valence-electron chi connectivity index (χ0n) is 14.1. The Kier molecular flexibility index (Phi) is 4.71. The fourth-order valence-corrected chi connectivity index (χ4v) is 3.40. The normalized spacial score (nSPS) is 14.1. The Balaban J connectivity index is 1.83. The Morgan fingerprint density at radius 3 is 2.00 bits per heavy atom. The van der Waals surface area contributed by atoms with E-state index < -0.39 is 0 Å². The highest BCUT2D eigenvalue weighted by molar-refractivity contribution is 6.31. The van der Waals surface area contributed by atoms with Crippen LogP contribution in [0.15, 0.2) is 24.4 Å². The molecule has 0 N–H and O–H groups in total. The summed E-state index contributed by atoms with van der Waals surface area (Å²) in [6.45, 7) is 1.34. The van der Waals surface area contributed by atoms with Gasteiger partial charge in [-0.15, -0.1) is 0 Å². The van der Waals surface area contributed by atoms with Crippen molar-refractivity contribution in [2.24, 2.45) is 7.05 Å². The second-order valence-corrected chi connectivity index (χ2v) is 6.36. The van der Waals surface area contributed by atoms with Crippen LogP contribution in [-0.2, 0) is 19.9 Å². The Hall–Kier alpha value is -2.14. The van der Waals surface area contributed by atoms with Crippen LogP contribution in [0.4, 0.5) is 0 Å². The van der Waals surface area contributed by atoms with E-state index >= 15 is 0 Å². The van der Waals surface area contributed by atoms with E-state index in [0.29, 0.717) is 23.8 Å². The van der Waals surface area contributed by atoms with Crippen molar-refractivity contribution in [3.05, 3.63) is 46.2 Å². The van der Waals surface area contributed by atoms with Crippen molar-refractivity contribution in [2.75, 3.05) is 27.3 Å². The minimum absolute atomic E-state index is 0.0103. The highest BCUT2D eigenvalue weighted by Crippen LogP contribution is 2.32. The van der Waals surface area contributed by atoms with Gasteiger partial charge in [0, 0.05) is 26.3 Å². The molecule has 0 spiro atoms. The number of ether oxygens (including phenoxy) is 2. The molecule has 0 bridgehead atoms. The molecule has 1 aliphatic heterocycles. The van der Waals surface area contributed by atoms with E-state index in [1.165, 1.54) is 11.1 Å². The van der Waals surface area contributed by atoms with E-state index in [-0.39, 0.29) is 5.91 Å². The molecular weight excluding hydrogens is 328 g/mol. The molecule has 128 valence electrons. The predicted molar refractivity (Wildman–Crippen MR) is 93.3 cm³/mol. The molecule has 1 aliphatic rings. The van der Waals surface area contributed by atoms with Crippen LogP contribution in [-0.4, -0.2) is 42.7 Å². The lowest BCUT2D eigenvalue weighted by Crippen LogP contribution is -2.34. The molecule has 0 unspecified atom stereocenters. The Labute approximate surface area is 146 Å². The fourth-order valence-electron chi connectivity index (χ4n) is 3.15.